The van der Waals surface area contributed by atoms with Gasteiger partial charge in [0.05, 0.1) is 20.6 Å². The van der Waals surface area contributed by atoms with Gasteiger partial charge in [0, 0.05) is 10.7 Å². The highest BCUT2D eigenvalue weighted by Crippen LogP contribution is 2.29. The number of benzene rings is 3. The summed E-state index contributed by atoms with van der Waals surface area (Å²) in [7, 11) is -3.96. The van der Waals surface area contributed by atoms with Gasteiger partial charge in [0.25, 0.3) is 15.9 Å². The van der Waals surface area contributed by atoms with E-state index >= 15 is 0 Å². The molecule has 0 aliphatic carbocycles. The molecule has 162 valence electrons. The molecule has 11 heteroatoms. The number of halogens is 4. The van der Waals surface area contributed by atoms with Crippen molar-refractivity contribution < 1.29 is 22.3 Å². The predicted molar refractivity (Wildman–Crippen MR) is 119 cm³/mol. The Balaban J connectivity index is 1.64. The third-order valence-corrected chi connectivity index (χ3v) is 6.10. The van der Waals surface area contributed by atoms with Gasteiger partial charge < -0.3 is 10.1 Å². The number of sulfonamides is 1. The van der Waals surface area contributed by atoms with Gasteiger partial charge in [0.15, 0.2) is 6.61 Å². The second kappa shape index (κ2) is 9.74. The molecule has 0 aliphatic heterocycles. The van der Waals surface area contributed by atoms with Crippen LogP contribution in [0.15, 0.2) is 65.6 Å². The van der Waals surface area contributed by atoms with Crippen LogP contribution in [0.2, 0.25) is 15.1 Å². The molecule has 0 fully saturated rings. The molecule has 3 aromatic carbocycles. The predicted octanol–water partition coefficient (Wildman–Crippen LogP) is 5.60. The Bertz CT molecular complexity index is 1220. The molecule has 0 aliphatic rings. The molecule has 3 aromatic rings. The van der Waals surface area contributed by atoms with Gasteiger partial charge in [-0.15, -0.1) is 0 Å². The normalized spacial score (nSPS) is 11.1. The number of nitrogens with one attached hydrogen (secondary N) is 2. The largest absolute Gasteiger partial charge is 0.482 e. The zero-order valence-electron chi connectivity index (χ0n) is 15.5. The molecule has 6 nitrogen and oxygen atoms in total. The Morgan fingerprint density at radius 2 is 1.65 bits per heavy atom. The fourth-order valence-electron chi connectivity index (χ4n) is 2.42. The average Bonchev–Trinajstić information content (AvgIpc) is 2.70. The highest BCUT2D eigenvalue weighted by Gasteiger charge is 2.17. The van der Waals surface area contributed by atoms with Gasteiger partial charge in [-0.3, -0.25) is 9.52 Å². The Hall–Kier alpha value is -2.52. The summed E-state index contributed by atoms with van der Waals surface area (Å²) in [6, 6.07) is 13.2. The highest BCUT2D eigenvalue weighted by molar-refractivity contribution is 7.92. The first-order valence-electron chi connectivity index (χ1n) is 8.60. The summed E-state index contributed by atoms with van der Waals surface area (Å²) in [4.78, 5) is 12.0. The van der Waals surface area contributed by atoms with Crippen LogP contribution in [-0.4, -0.2) is 20.9 Å². The molecule has 0 heterocycles. The molecule has 0 saturated heterocycles. The SMILES string of the molecule is O=C(COc1ccc(S(=O)(=O)Nc2ccc(F)cc2)cc1Cl)Nc1ccc(Cl)cc1Cl. The maximum Gasteiger partial charge on any atom is 0.262 e. The Labute approximate surface area is 192 Å². The standard InChI is InChI=1S/C20H14Cl3FN2O4S/c21-12-1-7-18(16(22)9-12)25-20(27)11-30-19-8-6-15(10-17(19)23)31(28,29)26-14-4-2-13(24)3-5-14/h1-10,26H,11H2,(H,25,27). The lowest BCUT2D eigenvalue weighted by Gasteiger charge is -2.12. The van der Waals surface area contributed by atoms with Crippen LogP contribution in [0.3, 0.4) is 0 Å². The highest BCUT2D eigenvalue weighted by atomic mass is 35.5. The smallest absolute Gasteiger partial charge is 0.262 e. The summed E-state index contributed by atoms with van der Waals surface area (Å²) in [6.45, 7) is -0.390. The van der Waals surface area contributed by atoms with Crippen LogP contribution in [0.5, 0.6) is 5.75 Å². The number of hydrogen-bond acceptors (Lipinski definition) is 4. The van der Waals surface area contributed by atoms with E-state index in [9.17, 15) is 17.6 Å². The minimum atomic E-state index is -3.96. The van der Waals surface area contributed by atoms with Gasteiger partial charge in [-0.1, -0.05) is 34.8 Å². The quantitative estimate of drug-likeness (QED) is 0.439. The fraction of sp³-hybridized carbons (Fsp3) is 0.0500. The number of rotatable bonds is 7. The van der Waals surface area contributed by atoms with E-state index < -0.39 is 28.4 Å². The first-order valence-corrected chi connectivity index (χ1v) is 11.2. The fourth-order valence-corrected chi connectivity index (χ4v) is 4.26. The summed E-state index contributed by atoms with van der Waals surface area (Å²) in [5.74, 6) is -0.885. The maximum absolute atomic E-state index is 13.0. The van der Waals surface area contributed by atoms with Crippen molar-refractivity contribution in [1.82, 2.24) is 0 Å². The molecule has 0 aromatic heterocycles. The van der Waals surface area contributed by atoms with E-state index in [1.165, 1.54) is 36.4 Å². The molecule has 31 heavy (non-hydrogen) atoms. The number of amides is 1. The van der Waals surface area contributed by atoms with Gasteiger partial charge in [-0.2, -0.15) is 0 Å². The minimum Gasteiger partial charge on any atom is -0.482 e. The van der Waals surface area contributed by atoms with Crippen molar-refractivity contribution >= 4 is 62.1 Å². The number of hydrogen-bond donors (Lipinski definition) is 2. The Morgan fingerprint density at radius 3 is 2.29 bits per heavy atom. The van der Waals surface area contributed by atoms with Crippen molar-refractivity contribution in [3.8, 4) is 5.75 Å². The molecule has 0 unspecified atom stereocenters. The lowest BCUT2D eigenvalue weighted by molar-refractivity contribution is -0.118. The van der Waals surface area contributed by atoms with Crippen molar-refractivity contribution in [3.63, 3.8) is 0 Å². The van der Waals surface area contributed by atoms with Crippen LogP contribution < -0.4 is 14.8 Å². The van der Waals surface area contributed by atoms with E-state index in [-0.39, 0.29) is 26.4 Å². The zero-order valence-corrected chi connectivity index (χ0v) is 18.6. The third-order valence-electron chi connectivity index (χ3n) is 3.87. The average molecular weight is 504 g/mol. The van der Waals surface area contributed by atoms with Crippen LogP contribution in [0.1, 0.15) is 0 Å². The number of carbonyl (C=O) groups is 1. The van der Waals surface area contributed by atoms with Crippen molar-refractivity contribution in [3.05, 3.63) is 81.5 Å². The van der Waals surface area contributed by atoms with Crippen molar-refractivity contribution in [2.24, 2.45) is 0 Å². The Kier molecular flexibility index (Phi) is 7.27. The van der Waals surface area contributed by atoms with Gasteiger partial charge in [-0.05, 0) is 60.7 Å². The summed E-state index contributed by atoms with van der Waals surface area (Å²) < 4.78 is 45.6. The number of ether oxygens (including phenoxy) is 1. The van der Waals surface area contributed by atoms with Gasteiger partial charge in [0.2, 0.25) is 0 Å². The number of carbonyl (C=O) groups excluding carboxylic acids is 1. The summed E-state index contributed by atoms with van der Waals surface area (Å²) >= 11 is 17.9. The van der Waals surface area contributed by atoms with Crippen molar-refractivity contribution in [2.75, 3.05) is 16.6 Å². The summed E-state index contributed by atoms with van der Waals surface area (Å²) in [6.07, 6.45) is 0. The number of anilines is 2. The van der Waals surface area contributed by atoms with E-state index in [1.807, 2.05) is 0 Å². The first kappa shape index (κ1) is 23.1. The van der Waals surface area contributed by atoms with E-state index in [2.05, 4.69) is 10.0 Å². The second-order valence-corrected chi connectivity index (χ2v) is 9.10. The Morgan fingerprint density at radius 1 is 0.935 bits per heavy atom. The first-order chi connectivity index (χ1) is 14.6. The molecular weight excluding hydrogens is 490 g/mol. The monoisotopic (exact) mass is 502 g/mol. The lowest BCUT2D eigenvalue weighted by atomic mass is 10.3. The topological polar surface area (TPSA) is 84.5 Å². The zero-order chi connectivity index (χ0) is 22.6. The molecule has 0 radical (unpaired) electrons. The van der Waals surface area contributed by atoms with E-state index in [0.29, 0.717) is 10.7 Å². The van der Waals surface area contributed by atoms with E-state index in [1.54, 1.807) is 12.1 Å². The molecule has 0 spiro atoms. The summed E-state index contributed by atoms with van der Waals surface area (Å²) in [5, 5.41) is 3.24. The van der Waals surface area contributed by atoms with Crippen molar-refractivity contribution in [1.29, 1.82) is 0 Å². The molecule has 2 N–H and O–H groups in total. The van der Waals surface area contributed by atoms with Crippen LogP contribution in [0.25, 0.3) is 0 Å². The second-order valence-electron chi connectivity index (χ2n) is 6.17. The van der Waals surface area contributed by atoms with Gasteiger partial charge >= 0.3 is 0 Å². The van der Waals surface area contributed by atoms with Gasteiger partial charge in [-0.25, -0.2) is 12.8 Å². The molecular formula is C20H14Cl3FN2O4S. The third kappa shape index (κ3) is 6.24. The maximum atomic E-state index is 13.0. The van der Waals surface area contributed by atoms with Crippen LogP contribution in [-0.2, 0) is 14.8 Å². The summed E-state index contributed by atoms with van der Waals surface area (Å²) in [5.41, 5.74) is 0.550. The molecule has 1 amide bonds. The lowest BCUT2D eigenvalue weighted by Crippen LogP contribution is -2.20. The van der Waals surface area contributed by atoms with E-state index in [4.69, 9.17) is 39.5 Å². The molecule has 3 rings (SSSR count). The van der Waals surface area contributed by atoms with Gasteiger partial charge in [0.1, 0.15) is 11.6 Å². The minimum absolute atomic E-state index is 0.0145. The van der Waals surface area contributed by atoms with Crippen molar-refractivity contribution in [2.45, 2.75) is 4.90 Å². The molecule has 0 atom stereocenters. The molecule has 0 saturated carbocycles. The van der Waals surface area contributed by atoms with Crippen LogP contribution in [0, 0.1) is 5.82 Å². The molecule has 0 bridgehead atoms. The van der Waals surface area contributed by atoms with E-state index in [0.717, 1.165) is 12.1 Å². The van der Waals surface area contributed by atoms with Crippen LogP contribution >= 0.6 is 34.8 Å². The van der Waals surface area contributed by atoms with Crippen LogP contribution in [0.4, 0.5) is 15.8 Å².